The van der Waals surface area contributed by atoms with E-state index in [2.05, 4.69) is 5.32 Å². The van der Waals surface area contributed by atoms with Crippen LogP contribution in [0.3, 0.4) is 0 Å². The molecule has 1 N–H and O–H groups in total. The van der Waals surface area contributed by atoms with E-state index in [1.54, 1.807) is 18.2 Å². The molecule has 0 saturated heterocycles. The van der Waals surface area contributed by atoms with E-state index >= 15 is 0 Å². The van der Waals surface area contributed by atoms with Gasteiger partial charge >= 0.3 is 6.03 Å². The Hall–Kier alpha value is -2.32. The van der Waals surface area contributed by atoms with Gasteiger partial charge in [-0.15, -0.1) is 0 Å². The molecule has 3 aliphatic rings. The molecule has 34 heavy (non-hydrogen) atoms. The average molecular weight is 475 g/mol. The molecule has 8 heteroatoms. The van der Waals surface area contributed by atoms with E-state index in [4.69, 9.17) is 18.9 Å². The normalized spacial score (nSPS) is 21.1. The molecule has 3 amide bonds. The fourth-order valence-corrected chi connectivity index (χ4v) is 5.01. The molecular formula is C26H38N2O6. The summed E-state index contributed by atoms with van der Waals surface area (Å²) < 4.78 is 22.7. The van der Waals surface area contributed by atoms with Crippen molar-refractivity contribution in [2.24, 2.45) is 0 Å². The number of ether oxygens (including phenoxy) is 4. The second kappa shape index (κ2) is 13.0. The number of nitrogens with one attached hydrogen (secondary N) is 1. The third-order valence-electron chi connectivity index (χ3n) is 6.84. The van der Waals surface area contributed by atoms with E-state index in [1.807, 2.05) is 0 Å². The number of carbonyl (C=O) groups excluding carboxylic acids is 2. The number of urea groups is 1. The first kappa shape index (κ1) is 24.8. The number of carbonyl (C=O) groups is 2. The van der Waals surface area contributed by atoms with Crippen molar-refractivity contribution in [2.45, 2.75) is 76.3 Å². The second-order valence-electron chi connectivity index (χ2n) is 9.33. The van der Waals surface area contributed by atoms with Crippen LogP contribution in [-0.2, 0) is 9.47 Å². The van der Waals surface area contributed by atoms with Crippen molar-refractivity contribution in [3.05, 3.63) is 23.8 Å². The summed E-state index contributed by atoms with van der Waals surface area (Å²) in [6.45, 7) is 2.59. The highest BCUT2D eigenvalue weighted by Crippen LogP contribution is 2.31. The van der Waals surface area contributed by atoms with Crippen LogP contribution in [0.15, 0.2) is 18.2 Å². The van der Waals surface area contributed by atoms with Gasteiger partial charge in [-0.2, -0.15) is 0 Å². The highest BCUT2D eigenvalue weighted by molar-refractivity contribution is 6.05. The average Bonchev–Trinajstić information content (AvgIpc) is 2.86. The van der Waals surface area contributed by atoms with Gasteiger partial charge in [0, 0.05) is 17.6 Å². The summed E-state index contributed by atoms with van der Waals surface area (Å²) in [6, 6.07) is 4.96. The summed E-state index contributed by atoms with van der Waals surface area (Å²) in [5.74, 6) is 0.750. The van der Waals surface area contributed by atoms with Gasteiger partial charge in [-0.05, 0) is 43.9 Å². The smallest absolute Gasteiger partial charge is 0.324 e. The Morgan fingerprint density at radius 2 is 1.32 bits per heavy atom. The SMILES string of the molecule is O=C(NC1CCCCC1)N(C(=O)c1ccc2c(c1)OCCOCCOCCO2)C1CCCCC1. The van der Waals surface area contributed by atoms with Crippen molar-refractivity contribution in [1.82, 2.24) is 10.2 Å². The molecule has 1 heterocycles. The second-order valence-corrected chi connectivity index (χ2v) is 9.33. The fourth-order valence-electron chi connectivity index (χ4n) is 5.01. The molecular weight excluding hydrogens is 436 g/mol. The van der Waals surface area contributed by atoms with Crippen LogP contribution in [-0.4, -0.2) is 68.6 Å². The minimum Gasteiger partial charge on any atom is -0.487 e. The van der Waals surface area contributed by atoms with Crippen LogP contribution in [0.25, 0.3) is 0 Å². The Kier molecular flexibility index (Phi) is 9.44. The summed E-state index contributed by atoms with van der Waals surface area (Å²) >= 11 is 0. The first-order valence-corrected chi connectivity index (χ1v) is 12.9. The zero-order chi connectivity index (χ0) is 23.6. The maximum atomic E-state index is 13.7. The first-order valence-electron chi connectivity index (χ1n) is 12.9. The minimum absolute atomic E-state index is 0.0754. The van der Waals surface area contributed by atoms with E-state index < -0.39 is 0 Å². The first-order chi connectivity index (χ1) is 16.7. The number of hydrogen-bond donors (Lipinski definition) is 1. The minimum atomic E-state index is -0.280. The van der Waals surface area contributed by atoms with Crippen LogP contribution in [0, 0.1) is 0 Å². The Morgan fingerprint density at radius 3 is 2.00 bits per heavy atom. The van der Waals surface area contributed by atoms with Crippen LogP contribution in [0.5, 0.6) is 11.5 Å². The van der Waals surface area contributed by atoms with Gasteiger partial charge in [0.2, 0.25) is 0 Å². The summed E-state index contributed by atoms with van der Waals surface area (Å²) in [6.07, 6.45) is 10.4. The van der Waals surface area contributed by atoms with Crippen LogP contribution < -0.4 is 14.8 Å². The van der Waals surface area contributed by atoms with Gasteiger partial charge in [0.1, 0.15) is 13.2 Å². The lowest BCUT2D eigenvalue weighted by atomic mass is 9.93. The standard InChI is InChI=1S/C26H38N2O6/c29-25(20-11-12-23-24(19-20)34-18-16-32-14-13-31-15-17-33-23)28(22-9-5-2-6-10-22)26(30)27-21-7-3-1-4-8-21/h11-12,19,21-22H,1-10,13-18H2,(H,27,30). The van der Waals surface area contributed by atoms with Crippen molar-refractivity contribution in [3.63, 3.8) is 0 Å². The van der Waals surface area contributed by atoms with Crippen molar-refractivity contribution in [2.75, 3.05) is 39.6 Å². The molecule has 2 saturated carbocycles. The van der Waals surface area contributed by atoms with Gasteiger partial charge in [0.05, 0.1) is 26.4 Å². The molecule has 0 atom stereocenters. The van der Waals surface area contributed by atoms with Crippen molar-refractivity contribution < 1.29 is 28.5 Å². The predicted octanol–water partition coefficient (Wildman–Crippen LogP) is 4.31. The molecule has 1 aromatic carbocycles. The molecule has 1 aromatic rings. The lowest BCUT2D eigenvalue weighted by molar-refractivity contribution is 0.0223. The van der Waals surface area contributed by atoms with E-state index in [-0.39, 0.29) is 24.0 Å². The van der Waals surface area contributed by atoms with Gasteiger partial charge in [-0.25, -0.2) is 4.79 Å². The summed E-state index contributed by atoms with van der Waals surface area (Å²) in [5.41, 5.74) is 0.427. The Morgan fingerprint density at radius 1 is 0.735 bits per heavy atom. The summed E-state index contributed by atoms with van der Waals surface area (Å²) in [4.78, 5) is 28.6. The number of nitrogens with zero attached hydrogens (tertiary/aromatic N) is 1. The van der Waals surface area contributed by atoms with Gasteiger partial charge in [-0.3, -0.25) is 9.69 Å². The fraction of sp³-hybridized carbons (Fsp3) is 0.692. The molecule has 8 nitrogen and oxygen atoms in total. The van der Waals surface area contributed by atoms with Crippen LogP contribution in [0.2, 0.25) is 0 Å². The number of fused-ring (bicyclic) bond motifs is 1. The quantitative estimate of drug-likeness (QED) is 0.703. The van der Waals surface area contributed by atoms with E-state index in [1.165, 1.54) is 11.3 Å². The predicted molar refractivity (Wildman–Crippen MR) is 128 cm³/mol. The Balaban J connectivity index is 1.53. The molecule has 2 fully saturated rings. The maximum absolute atomic E-state index is 13.7. The van der Waals surface area contributed by atoms with Gasteiger partial charge in [0.25, 0.3) is 5.91 Å². The molecule has 0 radical (unpaired) electrons. The van der Waals surface area contributed by atoms with Crippen LogP contribution in [0.1, 0.15) is 74.6 Å². The lowest BCUT2D eigenvalue weighted by Crippen LogP contribution is -2.52. The molecule has 1 aliphatic heterocycles. The lowest BCUT2D eigenvalue weighted by Gasteiger charge is -2.34. The number of amides is 3. The zero-order valence-corrected chi connectivity index (χ0v) is 20.1. The molecule has 0 aromatic heterocycles. The number of hydrogen-bond acceptors (Lipinski definition) is 6. The molecule has 2 aliphatic carbocycles. The van der Waals surface area contributed by atoms with Crippen molar-refractivity contribution >= 4 is 11.9 Å². The summed E-state index contributed by atoms with van der Waals surface area (Å²) in [5, 5.41) is 3.16. The van der Waals surface area contributed by atoms with Crippen LogP contribution >= 0.6 is 0 Å². The van der Waals surface area contributed by atoms with Gasteiger partial charge in [-0.1, -0.05) is 38.5 Å². The third kappa shape index (κ3) is 6.85. The van der Waals surface area contributed by atoms with Gasteiger partial charge < -0.3 is 24.3 Å². The number of benzene rings is 1. The number of imide groups is 1. The summed E-state index contributed by atoms with van der Waals surface area (Å²) in [7, 11) is 0. The molecule has 4 rings (SSSR count). The van der Waals surface area contributed by atoms with E-state index in [0.717, 1.165) is 57.8 Å². The largest absolute Gasteiger partial charge is 0.487 e. The molecule has 188 valence electrons. The molecule has 0 bridgehead atoms. The monoisotopic (exact) mass is 474 g/mol. The molecule has 0 spiro atoms. The zero-order valence-electron chi connectivity index (χ0n) is 20.1. The Bertz CT molecular complexity index is 804. The van der Waals surface area contributed by atoms with E-state index in [0.29, 0.717) is 56.7 Å². The topological polar surface area (TPSA) is 86.3 Å². The highest BCUT2D eigenvalue weighted by atomic mass is 16.6. The third-order valence-corrected chi connectivity index (χ3v) is 6.84. The van der Waals surface area contributed by atoms with E-state index in [9.17, 15) is 9.59 Å². The maximum Gasteiger partial charge on any atom is 0.324 e. The Labute approximate surface area is 202 Å². The highest BCUT2D eigenvalue weighted by Gasteiger charge is 2.33. The number of rotatable bonds is 3. The van der Waals surface area contributed by atoms with Crippen molar-refractivity contribution in [3.8, 4) is 11.5 Å². The van der Waals surface area contributed by atoms with Crippen molar-refractivity contribution in [1.29, 1.82) is 0 Å². The molecule has 0 unspecified atom stereocenters. The van der Waals surface area contributed by atoms with Crippen LogP contribution in [0.4, 0.5) is 4.79 Å². The van der Waals surface area contributed by atoms with Gasteiger partial charge in [0.15, 0.2) is 11.5 Å².